The normalized spacial score (nSPS) is 11.1. The van der Waals surface area contributed by atoms with E-state index >= 15 is 0 Å². The number of benzene rings is 2. The number of allylic oxidation sites excluding steroid dienone is 1. The number of nitrogens with two attached hydrogens (primary N) is 1. The summed E-state index contributed by atoms with van der Waals surface area (Å²) in [6, 6.07) is 7.13. The molecule has 2 rings (SSSR count). The molecule has 2 aromatic rings. The van der Waals surface area contributed by atoms with Crippen LogP contribution in [0.25, 0.3) is 6.08 Å². The molecule has 0 spiro atoms. The zero-order valence-corrected chi connectivity index (χ0v) is 18.9. The highest BCUT2D eigenvalue weighted by Gasteiger charge is 2.26. The Labute approximate surface area is 179 Å². The van der Waals surface area contributed by atoms with Gasteiger partial charge in [-0.25, -0.2) is 0 Å². The Hall–Kier alpha value is -2.87. The maximum Gasteiger partial charge on any atom is 0.208 e. The van der Waals surface area contributed by atoms with E-state index in [-0.39, 0.29) is 22.8 Å². The molecule has 2 aromatic carbocycles. The Kier molecular flexibility index (Phi) is 7.39. The van der Waals surface area contributed by atoms with E-state index in [1.54, 1.807) is 18.2 Å². The number of methoxy groups -OCH3 is 4. The maximum atomic E-state index is 13.1. The van der Waals surface area contributed by atoms with Gasteiger partial charge in [-0.3, -0.25) is 4.79 Å². The lowest BCUT2D eigenvalue weighted by atomic mass is 10.1. The van der Waals surface area contributed by atoms with Crippen LogP contribution in [-0.2, 0) is 0 Å². The highest BCUT2D eigenvalue weighted by atomic mass is 79.9. The second-order valence-corrected chi connectivity index (χ2v) is 7.11. The van der Waals surface area contributed by atoms with Crippen molar-refractivity contribution in [3.8, 4) is 23.0 Å². The molecule has 0 saturated heterocycles. The van der Waals surface area contributed by atoms with E-state index in [1.165, 1.54) is 28.4 Å². The fourth-order valence-corrected chi connectivity index (χ4v) is 3.39. The van der Waals surface area contributed by atoms with Crippen molar-refractivity contribution in [3.63, 3.8) is 0 Å². The Morgan fingerprint density at radius 3 is 2.07 bits per heavy atom. The first-order valence-electron chi connectivity index (χ1n) is 8.64. The predicted molar refractivity (Wildman–Crippen MR) is 119 cm³/mol. The van der Waals surface area contributed by atoms with Crippen LogP contribution in [0, 0.1) is 0 Å². The number of hydrogen-bond acceptors (Lipinski definition) is 7. The van der Waals surface area contributed by atoms with Gasteiger partial charge in [0, 0.05) is 14.1 Å². The van der Waals surface area contributed by atoms with Gasteiger partial charge in [0.25, 0.3) is 0 Å². The quantitative estimate of drug-likeness (QED) is 0.359. The first kappa shape index (κ1) is 22.4. The van der Waals surface area contributed by atoms with Crippen LogP contribution >= 0.6 is 15.9 Å². The second kappa shape index (κ2) is 9.56. The molecule has 0 saturated carbocycles. The number of anilines is 2. The molecule has 2 N–H and O–H groups in total. The Morgan fingerprint density at radius 1 is 0.966 bits per heavy atom. The molecule has 0 aliphatic carbocycles. The lowest BCUT2D eigenvalue weighted by molar-refractivity contribution is 0.104. The van der Waals surface area contributed by atoms with Crippen molar-refractivity contribution in [2.24, 2.45) is 0 Å². The number of nitrogen functional groups attached to an aromatic ring is 1. The van der Waals surface area contributed by atoms with Crippen LogP contribution in [0.2, 0.25) is 0 Å². The Morgan fingerprint density at radius 2 is 1.59 bits per heavy atom. The van der Waals surface area contributed by atoms with Crippen molar-refractivity contribution in [2.75, 3.05) is 53.2 Å². The average Bonchev–Trinajstić information content (AvgIpc) is 2.70. The third kappa shape index (κ3) is 4.59. The lowest BCUT2D eigenvalue weighted by Crippen LogP contribution is -2.11. The molecular formula is C21H25BrN2O5. The van der Waals surface area contributed by atoms with Gasteiger partial charge in [-0.2, -0.15) is 0 Å². The monoisotopic (exact) mass is 464 g/mol. The predicted octanol–water partition coefficient (Wildman–Crippen LogP) is 3.99. The van der Waals surface area contributed by atoms with Gasteiger partial charge < -0.3 is 29.6 Å². The third-order valence-corrected chi connectivity index (χ3v) is 4.87. The van der Waals surface area contributed by atoms with Crippen LogP contribution in [0.1, 0.15) is 15.9 Å². The number of ether oxygens (including phenoxy) is 4. The standard InChI is InChI=1S/C21H25BrN2O5/c1-24(2)16-8-7-12(10-15(16)23)9-14(22)18(25)13-11-17(26-3)20(28-5)21(29-6)19(13)27-4/h7-11H,23H2,1-6H3. The summed E-state index contributed by atoms with van der Waals surface area (Å²) in [6.07, 6.45) is 1.70. The molecule has 0 heterocycles. The summed E-state index contributed by atoms with van der Waals surface area (Å²) in [5.41, 5.74) is 8.66. The van der Waals surface area contributed by atoms with Crippen LogP contribution in [0.15, 0.2) is 28.7 Å². The summed E-state index contributed by atoms with van der Waals surface area (Å²) in [4.78, 5) is 15.1. The minimum absolute atomic E-state index is 0.253. The van der Waals surface area contributed by atoms with Crippen molar-refractivity contribution < 1.29 is 23.7 Å². The van der Waals surface area contributed by atoms with E-state index in [0.717, 1.165) is 11.3 Å². The highest BCUT2D eigenvalue weighted by Crippen LogP contribution is 2.47. The lowest BCUT2D eigenvalue weighted by Gasteiger charge is -2.18. The molecule has 0 atom stereocenters. The van der Waals surface area contributed by atoms with Crippen LogP contribution < -0.4 is 29.6 Å². The molecular weight excluding hydrogens is 440 g/mol. The summed E-state index contributed by atoms with van der Waals surface area (Å²) < 4.78 is 21.9. The van der Waals surface area contributed by atoms with Gasteiger partial charge in [-0.05, 0) is 45.8 Å². The summed E-state index contributed by atoms with van der Waals surface area (Å²) >= 11 is 3.37. The van der Waals surface area contributed by atoms with Crippen molar-refractivity contribution in [2.45, 2.75) is 0 Å². The second-order valence-electron chi connectivity index (χ2n) is 6.26. The van der Waals surface area contributed by atoms with Gasteiger partial charge in [0.2, 0.25) is 17.3 Å². The number of carbonyl (C=O) groups excluding carboxylic acids is 1. The van der Waals surface area contributed by atoms with Gasteiger partial charge in [0.15, 0.2) is 11.5 Å². The first-order chi connectivity index (χ1) is 13.8. The van der Waals surface area contributed by atoms with E-state index in [9.17, 15) is 4.79 Å². The molecule has 0 fully saturated rings. The summed E-state index contributed by atoms with van der Waals surface area (Å²) in [5, 5.41) is 0. The topological polar surface area (TPSA) is 83.3 Å². The number of ketones is 1. The van der Waals surface area contributed by atoms with Crippen molar-refractivity contribution in [3.05, 3.63) is 39.9 Å². The van der Waals surface area contributed by atoms with Crippen molar-refractivity contribution >= 4 is 39.2 Å². The van der Waals surface area contributed by atoms with Crippen LogP contribution in [0.3, 0.4) is 0 Å². The van der Waals surface area contributed by atoms with Crippen molar-refractivity contribution in [1.82, 2.24) is 0 Å². The summed E-state index contributed by atoms with van der Waals surface area (Å²) in [6.45, 7) is 0. The van der Waals surface area contributed by atoms with Gasteiger partial charge in [-0.1, -0.05) is 6.07 Å². The minimum Gasteiger partial charge on any atom is -0.493 e. The van der Waals surface area contributed by atoms with E-state index in [1.807, 2.05) is 31.1 Å². The first-order valence-corrected chi connectivity index (χ1v) is 9.44. The number of carbonyl (C=O) groups is 1. The fraction of sp³-hybridized carbons (Fsp3) is 0.286. The molecule has 7 nitrogen and oxygen atoms in total. The largest absolute Gasteiger partial charge is 0.493 e. The van der Waals surface area contributed by atoms with E-state index in [4.69, 9.17) is 24.7 Å². The molecule has 0 aliphatic rings. The maximum absolute atomic E-state index is 13.1. The number of nitrogens with zero attached hydrogens (tertiary/aromatic N) is 1. The smallest absolute Gasteiger partial charge is 0.208 e. The zero-order chi connectivity index (χ0) is 21.7. The van der Waals surface area contributed by atoms with Crippen LogP contribution in [-0.4, -0.2) is 48.3 Å². The van der Waals surface area contributed by atoms with Gasteiger partial charge in [0.1, 0.15) is 0 Å². The molecule has 0 radical (unpaired) electrons. The fourth-order valence-electron chi connectivity index (χ4n) is 2.91. The minimum atomic E-state index is -0.309. The SMILES string of the molecule is COc1cc(C(=O)C(Br)=Cc2ccc(N(C)C)c(N)c2)c(OC)c(OC)c1OC. The number of Topliss-reactive ketones (excluding diaryl/α,β-unsaturated/α-hetero) is 1. The highest BCUT2D eigenvalue weighted by molar-refractivity contribution is 9.12. The van der Waals surface area contributed by atoms with Crippen molar-refractivity contribution in [1.29, 1.82) is 0 Å². The van der Waals surface area contributed by atoms with E-state index < -0.39 is 0 Å². The number of hydrogen-bond donors (Lipinski definition) is 1. The summed E-state index contributed by atoms with van der Waals surface area (Å²) in [5.74, 6) is 0.917. The summed E-state index contributed by atoms with van der Waals surface area (Å²) in [7, 11) is 9.72. The average molecular weight is 465 g/mol. The molecule has 0 unspecified atom stereocenters. The van der Waals surface area contributed by atoms with E-state index in [0.29, 0.717) is 21.7 Å². The molecule has 8 heteroatoms. The van der Waals surface area contributed by atoms with E-state index in [2.05, 4.69) is 15.9 Å². The Bertz CT molecular complexity index is 941. The van der Waals surface area contributed by atoms with Gasteiger partial charge >= 0.3 is 0 Å². The molecule has 156 valence electrons. The zero-order valence-electron chi connectivity index (χ0n) is 17.3. The Balaban J connectivity index is 2.53. The third-order valence-electron chi connectivity index (χ3n) is 4.28. The van der Waals surface area contributed by atoms with Gasteiger partial charge in [-0.15, -0.1) is 0 Å². The van der Waals surface area contributed by atoms with Crippen LogP contribution in [0.5, 0.6) is 23.0 Å². The number of halogens is 1. The molecule has 0 bridgehead atoms. The molecule has 29 heavy (non-hydrogen) atoms. The molecule has 0 amide bonds. The number of rotatable bonds is 8. The molecule has 0 aromatic heterocycles. The van der Waals surface area contributed by atoms with Gasteiger partial charge in [0.05, 0.1) is 49.9 Å². The van der Waals surface area contributed by atoms with Crippen LogP contribution in [0.4, 0.5) is 11.4 Å². The molecule has 0 aliphatic heterocycles.